The van der Waals surface area contributed by atoms with E-state index in [0.29, 0.717) is 36.1 Å². The highest BCUT2D eigenvalue weighted by molar-refractivity contribution is 5.85. The minimum atomic E-state index is -5.25. The van der Waals surface area contributed by atoms with Crippen LogP contribution >= 0.6 is 0 Å². The molecule has 0 spiro atoms. The van der Waals surface area contributed by atoms with Crippen LogP contribution < -0.4 is 4.74 Å². The molecule has 0 N–H and O–H groups in total. The number of hydrogen-bond donors (Lipinski definition) is 0. The van der Waals surface area contributed by atoms with Gasteiger partial charge in [0.15, 0.2) is 11.6 Å². The Kier molecular flexibility index (Phi) is 5.75. The van der Waals surface area contributed by atoms with Gasteiger partial charge in [0.25, 0.3) is 0 Å². The molecule has 7 heteroatoms. The summed E-state index contributed by atoms with van der Waals surface area (Å²) in [5, 5.41) is 0. The molecular formula is C25H18F6O. The molecule has 0 radical (unpaired) electrons. The highest BCUT2D eigenvalue weighted by atomic mass is 19.4. The van der Waals surface area contributed by atoms with E-state index in [0.717, 1.165) is 17.6 Å². The molecule has 0 saturated heterocycles. The van der Waals surface area contributed by atoms with Crippen LogP contribution in [0.4, 0.5) is 26.3 Å². The third kappa shape index (κ3) is 4.38. The number of halogens is 6. The molecule has 0 amide bonds. The van der Waals surface area contributed by atoms with Crippen molar-refractivity contribution in [3.8, 4) is 16.9 Å². The fraction of sp³-hybridized carbons (Fsp3) is 0.200. The maximum absolute atomic E-state index is 15.2. The maximum atomic E-state index is 15.2. The molecular weight excluding hydrogens is 430 g/mol. The smallest absolute Gasteiger partial charge is 0.399 e. The van der Waals surface area contributed by atoms with Gasteiger partial charge in [0, 0.05) is 5.56 Å². The van der Waals surface area contributed by atoms with E-state index in [9.17, 15) is 22.0 Å². The first-order chi connectivity index (χ1) is 15.2. The summed E-state index contributed by atoms with van der Waals surface area (Å²) in [6, 6.07) is 12.4. The summed E-state index contributed by atoms with van der Waals surface area (Å²) in [6.45, 7) is 2.07. The Balaban J connectivity index is 1.69. The van der Waals surface area contributed by atoms with Crippen molar-refractivity contribution in [1.82, 2.24) is 0 Å². The van der Waals surface area contributed by atoms with Gasteiger partial charge in [-0.05, 0) is 64.8 Å². The Morgan fingerprint density at radius 2 is 1.50 bits per heavy atom. The quantitative estimate of drug-likeness (QED) is 0.371. The Labute approximate surface area is 181 Å². The van der Waals surface area contributed by atoms with Crippen molar-refractivity contribution in [2.45, 2.75) is 32.5 Å². The van der Waals surface area contributed by atoms with Gasteiger partial charge in [-0.1, -0.05) is 49.4 Å². The second-order valence-electron chi connectivity index (χ2n) is 7.53. The zero-order valence-corrected chi connectivity index (χ0v) is 17.0. The number of fused-ring (bicyclic) bond motifs is 1. The molecule has 3 aromatic rings. The molecule has 1 nitrogen and oxygen atoms in total. The van der Waals surface area contributed by atoms with E-state index < -0.39 is 29.6 Å². The molecule has 0 heterocycles. The lowest BCUT2D eigenvalue weighted by Gasteiger charge is -2.20. The number of alkyl halides is 3. The lowest BCUT2D eigenvalue weighted by molar-refractivity contribution is -0.276. The average Bonchev–Trinajstić information content (AvgIpc) is 2.75. The molecule has 0 aliphatic heterocycles. The van der Waals surface area contributed by atoms with Crippen LogP contribution in [-0.4, -0.2) is 6.36 Å². The van der Waals surface area contributed by atoms with Crippen LogP contribution in [0.1, 0.15) is 35.6 Å². The van der Waals surface area contributed by atoms with Crippen LogP contribution in [0, 0.1) is 17.5 Å². The number of aryl methyl sites for hydroxylation is 1. The van der Waals surface area contributed by atoms with Crippen LogP contribution in [0.2, 0.25) is 0 Å². The van der Waals surface area contributed by atoms with Gasteiger partial charge in [0.1, 0.15) is 5.82 Å². The molecule has 0 saturated carbocycles. The molecule has 32 heavy (non-hydrogen) atoms. The van der Waals surface area contributed by atoms with Gasteiger partial charge in [-0.3, -0.25) is 0 Å². The van der Waals surface area contributed by atoms with Crippen molar-refractivity contribution >= 4 is 11.6 Å². The molecule has 1 aliphatic carbocycles. The summed E-state index contributed by atoms with van der Waals surface area (Å²) in [5.74, 6) is -5.34. The maximum Gasteiger partial charge on any atom is 0.573 e. The normalized spacial score (nSPS) is 13.5. The van der Waals surface area contributed by atoms with Crippen LogP contribution in [0.3, 0.4) is 0 Å². The van der Waals surface area contributed by atoms with Crippen LogP contribution in [0.5, 0.6) is 5.75 Å². The van der Waals surface area contributed by atoms with Crippen molar-refractivity contribution in [3.05, 3.63) is 88.2 Å². The molecule has 0 unspecified atom stereocenters. The SMILES string of the molecule is CCc1ccc(C2=Cc3ccc(-c4cc(F)c(OC(F)(F)F)c(F)c4)c(F)c3CC2)cc1. The zero-order valence-electron chi connectivity index (χ0n) is 17.0. The Hall–Kier alpha value is -3.22. The van der Waals surface area contributed by atoms with Crippen LogP contribution in [0.25, 0.3) is 22.8 Å². The lowest BCUT2D eigenvalue weighted by atomic mass is 9.86. The fourth-order valence-corrected chi connectivity index (χ4v) is 3.88. The predicted molar refractivity (Wildman–Crippen MR) is 110 cm³/mol. The second-order valence-corrected chi connectivity index (χ2v) is 7.53. The first-order valence-corrected chi connectivity index (χ1v) is 10.0. The highest BCUT2D eigenvalue weighted by Gasteiger charge is 2.34. The number of ether oxygens (including phenoxy) is 1. The molecule has 0 fully saturated rings. The lowest BCUT2D eigenvalue weighted by Crippen LogP contribution is -2.19. The second kappa shape index (κ2) is 8.37. The first kappa shape index (κ1) is 22.0. The average molecular weight is 448 g/mol. The number of benzene rings is 3. The van der Waals surface area contributed by atoms with Gasteiger partial charge in [0.2, 0.25) is 5.75 Å². The minimum absolute atomic E-state index is 0.0933. The van der Waals surface area contributed by atoms with Gasteiger partial charge in [-0.15, -0.1) is 13.2 Å². The molecule has 0 bridgehead atoms. The zero-order chi connectivity index (χ0) is 23.0. The molecule has 1 aliphatic rings. The topological polar surface area (TPSA) is 9.23 Å². The van der Waals surface area contributed by atoms with Crippen molar-refractivity contribution in [2.24, 2.45) is 0 Å². The van der Waals surface area contributed by atoms with E-state index in [4.69, 9.17) is 0 Å². The van der Waals surface area contributed by atoms with Crippen molar-refractivity contribution in [3.63, 3.8) is 0 Å². The predicted octanol–water partition coefficient (Wildman–Crippen LogP) is 7.72. The molecule has 0 atom stereocenters. The van der Waals surface area contributed by atoms with E-state index in [1.54, 1.807) is 6.07 Å². The molecule has 166 valence electrons. The molecule has 3 aromatic carbocycles. The molecule has 0 aromatic heterocycles. The summed E-state index contributed by atoms with van der Waals surface area (Å²) in [7, 11) is 0. The Morgan fingerprint density at radius 3 is 2.09 bits per heavy atom. The fourth-order valence-electron chi connectivity index (χ4n) is 3.88. The number of allylic oxidation sites excluding steroid dienone is 1. The monoisotopic (exact) mass is 448 g/mol. The Bertz CT molecular complexity index is 1170. The third-order valence-electron chi connectivity index (χ3n) is 5.51. The van der Waals surface area contributed by atoms with Gasteiger partial charge < -0.3 is 4.74 Å². The van der Waals surface area contributed by atoms with Gasteiger partial charge in [0.05, 0.1) is 0 Å². The van der Waals surface area contributed by atoms with E-state index in [1.165, 1.54) is 11.6 Å². The summed E-state index contributed by atoms with van der Waals surface area (Å²) >= 11 is 0. The van der Waals surface area contributed by atoms with Gasteiger partial charge in [-0.2, -0.15) is 0 Å². The summed E-state index contributed by atoms with van der Waals surface area (Å²) < 4.78 is 83.8. The van der Waals surface area contributed by atoms with Crippen molar-refractivity contribution in [2.75, 3.05) is 0 Å². The third-order valence-corrected chi connectivity index (χ3v) is 5.51. The van der Waals surface area contributed by atoms with Crippen LogP contribution in [0.15, 0.2) is 48.5 Å². The van der Waals surface area contributed by atoms with Gasteiger partial charge >= 0.3 is 6.36 Å². The first-order valence-electron chi connectivity index (χ1n) is 10.0. The number of hydrogen-bond acceptors (Lipinski definition) is 1. The van der Waals surface area contributed by atoms with Crippen molar-refractivity contribution in [1.29, 1.82) is 0 Å². The minimum Gasteiger partial charge on any atom is -0.399 e. The summed E-state index contributed by atoms with van der Waals surface area (Å²) in [5.41, 5.74) is 4.06. The van der Waals surface area contributed by atoms with E-state index in [-0.39, 0.29) is 11.1 Å². The van der Waals surface area contributed by atoms with E-state index >= 15 is 4.39 Å². The van der Waals surface area contributed by atoms with Crippen molar-refractivity contribution < 1.29 is 31.1 Å². The van der Waals surface area contributed by atoms with Crippen LogP contribution in [-0.2, 0) is 12.8 Å². The highest BCUT2D eigenvalue weighted by Crippen LogP contribution is 2.38. The standard InChI is InChI=1S/C25H18F6O/c1-2-14-3-5-15(6-4-14)16-7-9-19-17(11-16)8-10-20(23(19)28)18-12-21(26)24(22(27)13-18)32-25(29,30)31/h3-6,8,10-13H,2,7,9H2,1H3. The summed E-state index contributed by atoms with van der Waals surface area (Å²) in [6.07, 6.45) is -1.47. The molecule has 4 rings (SSSR count). The van der Waals surface area contributed by atoms with E-state index in [1.807, 2.05) is 30.3 Å². The summed E-state index contributed by atoms with van der Waals surface area (Å²) in [4.78, 5) is 0. The number of rotatable bonds is 4. The van der Waals surface area contributed by atoms with E-state index in [2.05, 4.69) is 11.7 Å². The Morgan fingerprint density at radius 1 is 0.844 bits per heavy atom. The largest absolute Gasteiger partial charge is 0.573 e. The van der Waals surface area contributed by atoms with Gasteiger partial charge in [-0.25, -0.2) is 13.2 Å².